The average Bonchev–Trinajstić information content (AvgIpc) is 3.40. The summed E-state index contributed by atoms with van der Waals surface area (Å²) >= 11 is 0. The molecule has 0 amide bonds. The number of nitrogens with one attached hydrogen (secondary N) is 1. The lowest BCUT2D eigenvalue weighted by Crippen LogP contribution is -2.49. The van der Waals surface area contributed by atoms with E-state index in [1.807, 2.05) is 31.2 Å². The fourth-order valence-electron chi connectivity index (χ4n) is 5.68. The smallest absolute Gasteiger partial charge is 0.253 e. The van der Waals surface area contributed by atoms with E-state index in [0.717, 1.165) is 48.2 Å². The summed E-state index contributed by atoms with van der Waals surface area (Å²) in [5.41, 5.74) is 6.98. The quantitative estimate of drug-likeness (QED) is 0.343. The first-order chi connectivity index (χ1) is 19.4. The van der Waals surface area contributed by atoms with Crippen molar-refractivity contribution in [2.75, 3.05) is 31.1 Å². The monoisotopic (exact) mass is 537 g/mol. The molecule has 0 saturated carbocycles. The molecule has 2 aromatic heterocycles. The summed E-state index contributed by atoms with van der Waals surface area (Å²) in [6.45, 7) is 9.74. The van der Waals surface area contributed by atoms with E-state index < -0.39 is 6.04 Å². The second-order valence-electron chi connectivity index (χ2n) is 10.6. The highest BCUT2D eigenvalue weighted by atomic mass is 19.1. The Hall–Kier alpha value is -4.37. The van der Waals surface area contributed by atoms with Gasteiger partial charge < -0.3 is 9.88 Å². The Morgan fingerprint density at radius 1 is 0.925 bits per heavy atom. The van der Waals surface area contributed by atoms with Gasteiger partial charge in [0, 0.05) is 37.4 Å². The van der Waals surface area contributed by atoms with E-state index in [1.165, 1.54) is 28.9 Å². The third-order valence-corrected chi connectivity index (χ3v) is 8.06. The van der Waals surface area contributed by atoms with Crippen molar-refractivity contribution in [3.05, 3.63) is 117 Å². The van der Waals surface area contributed by atoms with Crippen LogP contribution in [-0.2, 0) is 6.54 Å². The lowest BCUT2D eigenvalue weighted by molar-refractivity contribution is 0.200. The zero-order chi connectivity index (χ0) is 27.8. The topological polar surface area (TPSA) is 82.9 Å². The minimum absolute atomic E-state index is 0.153. The molecule has 1 saturated heterocycles. The number of hydrogen-bond acceptors (Lipinski definition) is 6. The standard InChI is InChI=1S/C31H32FN7O/c1-20-6-5-9-27(22(20)3)37-14-16-38(17-15-37)29(26-18-24-8-4-7-21(2)28(24)33-31(26)40)30-34-35-36-39(30)19-23-10-12-25(32)13-11-23/h4-13,18,29H,14-17,19H2,1-3H3,(H,33,40)/t29-/m1/s1. The van der Waals surface area contributed by atoms with Gasteiger partial charge in [-0.2, -0.15) is 0 Å². The molecule has 3 heterocycles. The molecule has 1 atom stereocenters. The van der Waals surface area contributed by atoms with Crippen LogP contribution < -0.4 is 10.5 Å². The number of pyridine rings is 1. The SMILES string of the molecule is Cc1cccc(N2CCN([C@H](c3cc4cccc(C)c4[nH]c3=O)c3nnnn3Cc3ccc(F)cc3)CC2)c1C. The summed E-state index contributed by atoms with van der Waals surface area (Å²) in [6.07, 6.45) is 0. The Labute approximate surface area is 232 Å². The minimum atomic E-state index is -0.454. The van der Waals surface area contributed by atoms with Crippen LogP contribution in [0.1, 0.15) is 39.7 Å². The van der Waals surface area contributed by atoms with E-state index in [4.69, 9.17) is 0 Å². The number of nitrogens with zero attached hydrogens (tertiary/aromatic N) is 6. The zero-order valence-electron chi connectivity index (χ0n) is 22.9. The normalized spacial score (nSPS) is 15.1. The molecule has 6 rings (SSSR count). The number of tetrazole rings is 1. The molecule has 1 N–H and O–H groups in total. The zero-order valence-corrected chi connectivity index (χ0v) is 22.9. The fourth-order valence-corrected chi connectivity index (χ4v) is 5.68. The molecule has 0 bridgehead atoms. The molecule has 0 radical (unpaired) electrons. The molecule has 8 nitrogen and oxygen atoms in total. The molecule has 9 heteroatoms. The van der Waals surface area contributed by atoms with Crippen molar-refractivity contribution in [3.8, 4) is 0 Å². The number of anilines is 1. The molecule has 204 valence electrons. The Balaban J connectivity index is 1.39. The highest BCUT2D eigenvalue weighted by Crippen LogP contribution is 2.31. The second-order valence-corrected chi connectivity index (χ2v) is 10.6. The summed E-state index contributed by atoms with van der Waals surface area (Å²) in [7, 11) is 0. The molecule has 1 aliphatic heterocycles. The molecule has 0 unspecified atom stereocenters. The van der Waals surface area contributed by atoms with Crippen LogP contribution in [0.25, 0.3) is 10.9 Å². The van der Waals surface area contributed by atoms with Gasteiger partial charge in [0.1, 0.15) is 11.9 Å². The van der Waals surface area contributed by atoms with Gasteiger partial charge in [0.2, 0.25) is 0 Å². The van der Waals surface area contributed by atoms with E-state index in [-0.39, 0.29) is 11.4 Å². The van der Waals surface area contributed by atoms with Gasteiger partial charge in [0.25, 0.3) is 5.56 Å². The number of para-hydroxylation sites is 1. The number of piperazine rings is 1. The number of halogens is 1. The van der Waals surface area contributed by atoms with Crippen LogP contribution >= 0.6 is 0 Å². The van der Waals surface area contributed by atoms with Gasteiger partial charge in [-0.05, 0) is 83.1 Å². The van der Waals surface area contributed by atoms with Crippen molar-refractivity contribution in [3.63, 3.8) is 0 Å². The largest absolute Gasteiger partial charge is 0.369 e. The summed E-state index contributed by atoms with van der Waals surface area (Å²) in [6, 6.07) is 20.3. The maximum Gasteiger partial charge on any atom is 0.253 e. The number of rotatable bonds is 6. The molecule has 40 heavy (non-hydrogen) atoms. The van der Waals surface area contributed by atoms with Crippen molar-refractivity contribution in [2.45, 2.75) is 33.4 Å². The van der Waals surface area contributed by atoms with Gasteiger partial charge in [-0.1, -0.05) is 42.5 Å². The van der Waals surface area contributed by atoms with Gasteiger partial charge in [-0.25, -0.2) is 9.07 Å². The molecule has 5 aromatic rings. The van der Waals surface area contributed by atoms with E-state index in [2.05, 4.69) is 62.4 Å². The fraction of sp³-hybridized carbons (Fsp3) is 0.290. The minimum Gasteiger partial charge on any atom is -0.369 e. The van der Waals surface area contributed by atoms with Crippen LogP contribution in [0.3, 0.4) is 0 Å². The lowest BCUT2D eigenvalue weighted by Gasteiger charge is -2.40. The average molecular weight is 538 g/mol. The van der Waals surface area contributed by atoms with Crippen molar-refractivity contribution in [2.24, 2.45) is 0 Å². The van der Waals surface area contributed by atoms with Crippen LogP contribution in [0.15, 0.2) is 71.5 Å². The number of hydrogen-bond donors (Lipinski definition) is 1. The third-order valence-electron chi connectivity index (χ3n) is 8.06. The van der Waals surface area contributed by atoms with Crippen LogP contribution in [0.4, 0.5) is 10.1 Å². The van der Waals surface area contributed by atoms with E-state index in [9.17, 15) is 9.18 Å². The van der Waals surface area contributed by atoms with Crippen LogP contribution in [0, 0.1) is 26.6 Å². The van der Waals surface area contributed by atoms with Crippen molar-refractivity contribution in [1.29, 1.82) is 0 Å². The first-order valence-corrected chi connectivity index (χ1v) is 13.6. The van der Waals surface area contributed by atoms with Crippen molar-refractivity contribution in [1.82, 2.24) is 30.1 Å². The predicted octanol–water partition coefficient (Wildman–Crippen LogP) is 4.54. The maximum absolute atomic E-state index is 13.6. The van der Waals surface area contributed by atoms with E-state index in [1.54, 1.807) is 16.8 Å². The van der Waals surface area contributed by atoms with Gasteiger partial charge in [-0.15, -0.1) is 5.10 Å². The molecular weight excluding hydrogens is 505 g/mol. The summed E-state index contributed by atoms with van der Waals surface area (Å²) < 4.78 is 15.3. The third kappa shape index (κ3) is 4.88. The van der Waals surface area contributed by atoms with Crippen LogP contribution in [0.5, 0.6) is 0 Å². The van der Waals surface area contributed by atoms with Crippen LogP contribution in [0.2, 0.25) is 0 Å². The van der Waals surface area contributed by atoms with Gasteiger partial charge in [-0.3, -0.25) is 9.69 Å². The number of fused-ring (bicyclic) bond motifs is 1. The Bertz CT molecular complexity index is 1720. The Morgan fingerprint density at radius 2 is 1.65 bits per heavy atom. The first kappa shape index (κ1) is 25.9. The molecular formula is C31H32FN7O. The number of H-pyrrole nitrogens is 1. The van der Waals surface area contributed by atoms with Gasteiger partial charge >= 0.3 is 0 Å². The van der Waals surface area contributed by atoms with E-state index >= 15 is 0 Å². The highest BCUT2D eigenvalue weighted by molar-refractivity contribution is 5.82. The molecule has 3 aromatic carbocycles. The van der Waals surface area contributed by atoms with E-state index in [0.29, 0.717) is 17.9 Å². The Kier molecular flexibility index (Phi) is 6.89. The summed E-state index contributed by atoms with van der Waals surface area (Å²) in [5, 5.41) is 13.7. The second kappa shape index (κ2) is 10.7. The number of aromatic amines is 1. The number of aromatic nitrogens is 5. The molecule has 0 aliphatic carbocycles. The lowest BCUT2D eigenvalue weighted by atomic mass is 10.0. The molecule has 0 spiro atoms. The van der Waals surface area contributed by atoms with Gasteiger partial charge in [0.05, 0.1) is 12.1 Å². The molecule has 1 fully saturated rings. The van der Waals surface area contributed by atoms with Gasteiger partial charge in [0.15, 0.2) is 5.82 Å². The van der Waals surface area contributed by atoms with Crippen molar-refractivity contribution < 1.29 is 4.39 Å². The highest BCUT2D eigenvalue weighted by Gasteiger charge is 2.33. The summed E-state index contributed by atoms with van der Waals surface area (Å²) in [4.78, 5) is 21.4. The van der Waals surface area contributed by atoms with Crippen molar-refractivity contribution >= 4 is 16.6 Å². The number of benzene rings is 3. The summed E-state index contributed by atoms with van der Waals surface area (Å²) in [5.74, 6) is 0.292. The Morgan fingerprint density at radius 3 is 2.42 bits per heavy atom. The van der Waals surface area contributed by atoms with Crippen LogP contribution in [-0.4, -0.2) is 56.3 Å². The maximum atomic E-state index is 13.6. The predicted molar refractivity (Wildman–Crippen MR) is 154 cm³/mol. The molecule has 1 aliphatic rings. The first-order valence-electron chi connectivity index (χ1n) is 13.6. The number of aryl methyl sites for hydroxylation is 2.